The van der Waals surface area contributed by atoms with Crippen molar-refractivity contribution in [3.8, 4) is 28.8 Å². The van der Waals surface area contributed by atoms with Crippen LogP contribution in [0.1, 0.15) is 31.4 Å². The number of carbonyl (C=O) groups is 2. The van der Waals surface area contributed by atoms with Crippen molar-refractivity contribution in [1.82, 2.24) is 14.7 Å². The number of amides is 2. The van der Waals surface area contributed by atoms with E-state index in [1.54, 1.807) is 17.7 Å². The summed E-state index contributed by atoms with van der Waals surface area (Å²) in [5.41, 5.74) is 4.68. The number of aromatic nitrogens is 2. The number of benzene rings is 3. The van der Waals surface area contributed by atoms with E-state index in [1.165, 1.54) is 0 Å². The van der Waals surface area contributed by atoms with Gasteiger partial charge in [-0.25, -0.2) is 4.68 Å². The van der Waals surface area contributed by atoms with E-state index in [2.05, 4.69) is 0 Å². The van der Waals surface area contributed by atoms with Crippen LogP contribution < -0.4 is 4.74 Å². The zero-order valence-corrected chi connectivity index (χ0v) is 22.4. The highest BCUT2D eigenvalue weighted by molar-refractivity contribution is 6.19. The molecule has 4 aromatic rings. The second-order valence-electron chi connectivity index (χ2n) is 9.45. The number of hydrogen-bond donors (Lipinski definition) is 0. The van der Waals surface area contributed by atoms with Gasteiger partial charge < -0.3 is 4.74 Å². The first-order valence-electron chi connectivity index (χ1n) is 13.1. The summed E-state index contributed by atoms with van der Waals surface area (Å²) in [6.07, 6.45) is 4.17. The Morgan fingerprint density at radius 2 is 1.68 bits per heavy atom. The Morgan fingerprint density at radius 3 is 2.38 bits per heavy atom. The molecular formula is C33H28N4O3. The number of nitrogens with zero attached hydrogens (tertiary/aromatic N) is 4. The van der Waals surface area contributed by atoms with Crippen molar-refractivity contribution < 1.29 is 14.3 Å². The number of ether oxygens (including phenoxy) is 1. The highest BCUT2D eigenvalue weighted by Crippen LogP contribution is 2.32. The highest BCUT2D eigenvalue weighted by Gasteiger charge is 2.35. The number of carbonyl (C=O) groups excluding carboxylic acids is 2. The molecule has 0 unspecified atom stereocenters. The van der Waals surface area contributed by atoms with Gasteiger partial charge in [0.1, 0.15) is 29.7 Å². The molecule has 3 aromatic carbocycles. The Bertz CT molecular complexity index is 1660. The second-order valence-corrected chi connectivity index (χ2v) is 9.45. The van der Waals surface area contributed by atoms with Gasteiger partial charge in [0, 0.05) is 29.4 Å². The topological polar surface area (TPSA) is 88.2 Å². The number of nitriles is 1. The molecule has 0 fully saturated rings. The lowest BCUT2D eigenvalue weighted by molar-refractivity contribution is -0.140. The lowest BCUT2D eigenvalue weighted by Gasteiger charge is -2.27. The van der Waals surface area contributed by atoms with Gasteiger partial charge in [-0.2, -0.15) is 10.4 Å². The van der Waals surface area contributed by atoms with Crippen LogP contribution in [0.5, 0.6) is 5.75 Å². The third-order valence-corrected chi connectivity index (χ3v) is 6.69. The third-order valence-electron chi connectivity index (χ3n) is 6.69. The van der Waals surface area contributed by atoms with E-state index in [4.69, 9.17) is 9.84 Å². The molecule has 40 heavy (non-hydrogen) atoms. The van der Waals surface area contributed by atoms with Crippen LogP contribution >= 0.6 is 0 Å². The van der Waals surface area contributed by atoms with E-state index in [0.29, 0.717) is 41.2 Å². The van der Waals surface area contributed by atoms with Crippen LogP contribution in [0.2, 0.25) is 0 Å². The summed E-state index contributed by atoms with van der Waals surface area (Å²) >= 11 is 0. The minimum atomic E-state index is -0.549. The molecule has 0 saturated carbocycles. The Kier molecular flexibility index (Phi) is 7.70. The van der Waals surface area contributed by atoms with Crippen LogP contribution in [0.3, 0.4) is 0 Å². The number of para-hydroxylation sites is 1. The predicted molar refractivity (Wildman–Crippen MR) is 153 cm³/mol. The fourth-order valence-corrected chi connectivity index (χ4v) is 4.62. The molecule has 1 aromatic heterocycles. The molecule has 0 spiro atoms. The van der Waals surface area contributed by atoms with Gasteiger partial charge in [-0.3, -0.25) is 14.5 Å². The summed E-state index contributed by atoms with van der Waals surface area (Å²) in [6, 6.07) is 29.3. The van der Waals surface area contributed by atoms with Gasteiger partial charge in [-0.05, 0) is 54.8 Å². The molecule has 0 aliphatic carbocycles. The smallest absolute Gasteiger partial charge is 0.271 e. The first-order chi connectivity index (χ1) is 19.5. The molecule has 2 heterocycles. The van der Waals surface area contributed by atoms with Gasteiger partial charge in [-0.1, -0.05) is 67.6 Å². The van der Waals surface area contributed by atoms with Crippen molar-refractivity contribution in [3.05, 3.63) is 119 Å². The van der Waals surface area contributed by atoms with E-state index < -0.39 is 11.8 Å². The lowest BCUT2D eigenvalue weighted by atomic mass is 9.93. The molecule has 0 bridgehead atoms. The maximum atomic E-state index is 13.4. The summed E-state index contributed by atoms with van der Waals surface area (Å²) in [4.78, 5) is 27.4. The summed E-state index contributed by atoms with van der Waals surface area (Å²) in [6.45, 7) is 4.19. The molecule has 7 nitrogen and oxygen atoms in total. The Labute approximate surface area is 233 Å². The molecule has 1 aliphatic heterocycles. The lowest BCUT2D eigenvalue weighted by Crippen LogP contribution is -2.43. The summed E-state index contributed by atoms with van der Waals surface area (Å²) in [7, 11) is 0. The van der Waals surface area contributed by atoms with Crippen molar-refractivity contribution in [2.24, 2.45) is 0 Å². The molecule has 198 valence electrons. The summed E-state index contributed by atoms with van der Waals surface area (Å²) in [5, 5.41) is 14.6. The highest BCUT2D eigenvalue weighted by atomic mass is 16.5. The molecular weight excluding hydrogens is 500 g/mol. The van der Waals surface area contributed by atoms with Crippen molar-refractivity contribution in [2.75, 3.05) is 6.54 Å². The maximum Gasteiger partial charge on any atom is 0.271 e. The zero-order valence-electron chi connectivity index (χ0n) is 22.4. The van der Waals surface area contributed by atoms with Crippen molar-refractivity contribution in [2.45, 2.75) is 26.9 Å². The minimum Gasteiger partial charge on any atom is -0.489 e. The summed E-state index contributed by atoms with van der Waals surface area (Å²) in [5.74, 6) is -0.278. The van der Waals surface area contributed by atoms with Crippen LogP contribution in [0.4, 0.5) is 0 Å². The average Bonchev–Trinajstić information content (AvgIpc) is 3.42. The Morgan fingerprint density at radius 1 is 0.950 bits per heavy atom. The van der Waals surface area contributed by atoms with E-state index in [-0.39, 0.29) is 12.1 Å². The van der Waals surface area contributed by atoms with Crippen LogP contribution in [-0.4, -0.2) is 33.0 Å². The molecule has 0 N–H and O–H groups in total. The van der Waals surface area contributed by atoms with Crippen molar-refractivity contribution in [3.63, 3.8) is 0 Å². The zero-order chi connectivity index (χ0) is 28.1. The van der Waals surface area contributed by atoms with Crippen molar-refractivity contribution >= 4 is 17.9 Å². The van der Waals surface area contributed by atoms with E-state index in [1.807, 2.05) is 104 Å². The number of imide groups is 1. The molecule has 0 saturated heterocycles. The second kappa shape index (κ2) is 11.7. The van der Waals surface area contributed by atoms with Gasteiger partial charge in [0.05, 0.1) is 5.69 Å². The number of hydrogen-bond acceptors (Lipinski definition) is 5. The SMILES string of the molecule is CCCN1C(=O)C(C#N)=C(C)/C(=C\c2cn(-c3ccccc3)nc2-c2cccc(OCc3ccccc3)c2)C1=O. The fraction of sp³-hybridized carbons (Fsp3) is 0.152. The quantitative estimate of drug-likeness (QED) is 0.203. The van der Waals surface area contributed by atoms with Crippen LogP contribution in [0, 0.1) is 11.3 Å². The first-order valence-corrected chi connectivity index (χ1v) is 13.1. The van der Waals surface area contributed by atoms with Crippen LogP contribution in [-0.2, 0) is 16.2 Å². The molecule has 2 amide bonds. The van der Waals surface area contributed by atoms with E-state index in [0.717, 1.165) is 21.7 Å². The molecule has 7 heteroatoms. The predicted octanol–water partition coefficient (Wildman–Crippen LogP) is 6.12. The van der Waals surface area contributed by atoms with Gasteiger partial charge >= 0.3 is 0 Å². The maximum absolute atomic E-state index is 13.4. The summed E-state index contributed by atoms with van der Waals surface area (Å²) < 4.78 is 7.81. The van der Waals surface area contributed by atoms with Gasteiger partial charge in [-0.15, -0.1) is 0 Å². The molecule has 1 aliphatic rings. The van der Waals surface area contributed by atoms with E-state index in [9.17, 15) is 14.9 Å². The minimum absolute atomic E-state index is 0.0207. The molecule has 0 radical (unpaired) electrons. The normalized spacial score (nSPS) is 14.5. The van der Waals surface area contributed by atoms with E-state index >= 15 is 0 Å². The monoisotopic (exact) mass is 528 g/mol. The van der Waals surface area contributed by atoms with Crippen LogP contribution in [0.25, 0.3) is 23.0 Å². The third kappa shape index (κ3) is 5.33. The first kappa shape index (κ1) is 26.4. The molecule has 5 rings (SSSR count). The van der Waals surface area contributed by atoms with Crippen LogP contribution in [0.15, 0.2) is 108 Å². The van der Waals surface area contributed by atoms with Crippen molar-refractivity contribution in [1.29, 1.82) is 5.26 Å². The fourth-order valence-electron chi connectivity index (χ4n) is 4.62. The Hall–Kier alpha value is -5.22. The largest absolute Gasteiger partial charge is 0.489 e. The number of rotatable bonds is 8. The average molecular weight is 529 g/mol. The molecule has 0 atom stereocenters. The van der Waals surface area contributed by atoms with Gasteiger partial charge in [0.2, 0.25) is 0 Å². The van der Waals surface area contributed by atoms with Gasteiger partial charge in [0.25, 0.3) is 11.8 Å². The Balaban J connectivity index is 1.60. The standard InChI is InChI=1S/C33H28N4O3/c1-3-17-36-32(38)29(23(2)30(20-34)33(36)39)19-26-21-37(27-14-8-5-9-15-27)35-31(26)25-13-10-16-28(18-25)40-22-24-11-6-4-7-12-24/h4-16,18-19,21H,3,17,22H2,1-2H3/b29-19+. The van der Waals surface area contributed by atoms with Gasteiger partial charge in [0.15, 0.2) is 0 Å².